The standard InChI is InChI=1S/C16H18N2O/c1-11(2)12-3-6-16(19-13-4-5-13)14(9-12)15-10-17-7-8-18-15/h3,6-11,13H,4-5H2,1-2H3. The summed E-state index contributed by atoms with van der Waals surface area (Å²) < 4.78 is 5.98. The van der Waals surface area contributed by atoms with Crippen molar-refractivity contribution in [3.63, 3.8) is 0 Å². The molecule has 1 fully saturated rings. The second-order valence-electron chi connectivity index (χ2n) is 5.32. The van der Waals surface area contributed by atoms with Crippen LogP contribution in [-0.2, 0) is 0 Å². The predicted molar refractivity (Wildman–Crippen MR) is 75.2 cm³/mol. The quantitative estimate of drug-likeness (QED) is 0.832. The summed E-state index contributed by atoms with van der Waals surface area (Å²) in [4.78, 5) is 8.55. The van der Waals surface area contributed by atoms with Gasteiger partial charge in [-0.2, -0.15) is 0 Å². The van der Waals surface area contributed by atoms with Crippen molar-refractivity contribution in [2.45, 2.75) is 38.7 Å². The SMILES string of the molecule is CC(C)c1ccc(OC2CC2)c(-c2cnccn2)c1. The van der Waals surface area contributed by atoms with E-state index in [1.807, 2.05) is 0 Å². The molecule has 0 bridgehead atoms. The summed E-state index contributed by atoms with van der Waals surface area (Å²) in [6, 6.07) is 6.38. The van der Waals surface area contributed by atoms with Crippen LogP contribution in [0.2, 0.25) is 0 Å². The highest BCUT2D eigenvalue weighted by molar-refractivity contribution is 5.67. The molecule has 98 valence electrons. The second-order valence-corrected chi connectivity index (χ2v) is 5.32. The molecular formula is C16H18N2O. The third-order valence-corrected chi connectivity index (χ3v) is 3.33. The number of aromatic nitrogens is 2. The largest absolute Gasteiger partial charge is 0.490 e. The highest BCUT2D eigenvalue weighted by Gasteiger charge is 2.25. The van der Waals surface area contributed by atoms with Crippen LogP contribution in [0.1, 0.15) is 38.2 Å². The van der Waals surface area contributed by atoms with Gasteiger partial charge in [0.25, 0.3) is 0 Å². The molecule has 19 heavy (non-hydrogen) atoms. The number of hydrogen-bond acceptors (Lipinski definition) is 3. The smallest absolute Gasteiger partial charge is 0.129 e. The molecule has 1 aromatic heterocycles. The number of rotatable bonds is 4. The molecule has 0 atom stereocenters. The van der Waals surface area contributed by atoms with E-state index in [-0.39, 0.29) is 0 Å². The topological polar surface area (TPSA) is 35.0 Å². The summed E-state index contributed by atoms with van der Waals surface area (Å²) in [5.74, 6) is 1.41. The van der Waals surface area contributed by atoms with Crippen molar-refractivity contribution < 1.29 is 4.74 Å². The zero-order valence-corrected chi connectivity index (χ0v) is 11.3. The molecule has 0 saturated heterocycles. The van der Waals surface area contributed by atoms with E-state index in [1.165, 1.54) is 5.56 Å². The van der Waals surface area contributed by atoms with Gasteiger partial charge < -0.3 is 4.74 Å². The molecule has 0 N–H and O–H groups in total. The van der Waals surface area contributed by atoms with Gasteiger partial charge in [-0.15, -0.1) is 0 Å². The first kappa shape index (κ1) is 12.2. The van der Waals surface area contributed by atoms with E-state index in [1.54, 1.807) is 18.6 Å². The van der Waals surface area contributed by atoms with Crippen molar-refractivity contribution in [2.75, 3.05) is 0 Å². The van der Waals surface area contributed by atoms with Crippen LogP contribution in [0.15, 0.2) is 36.8 Å². The lowest BCUT2D eigenvalue weighted by Crippen LogP contribution is -2.00. The average Bonchev–Trinajstić information content (AvgIpc) is 3.24. The van der Waals surface area contributed by atoms with Crippen LogP contribution >= 0.6 is 0 Å². The predicted octanol–water partition coefficient (Wildman–Crippen LogP) is 3.81. The molecule has 1 heterocycles. The van der Waals surface area contributed by atoms with Crippen molar-refractivity contribution in [3.05, 3.63) is 42.4 Å². The van der Waals surface area contributed by atoms with Crippen molar-refractivity contribution in [1.29, 1.82) is 0 Å². The van der Waals surface area contributed by atoms with Crippen LogP contribution < -0.4 is 4.74 Å². The fourth-order valence-corrected chi connectivity index (χ4v) is 2.01. The first-order valence-corrected chi connectivity index (χ1v) is 6.81. The van der Waals surface area contributed by atoms with E-state index in [4.69, 9.17) is 4.74 Å². The Kier molecular flexibility index (Phi) is 3.20. The van der Waals surface area contributed by atoms with Gasteiger partial charge in [0.05, 0.1) is 18.0 Å². The third-order valence-electron chi connectivity index (χ3n) is 3.33. The van der Waals surface area contributed by atoms with E-state index in [0.29, 0.717) is 12.0 Å². The number of benzene rings is 1. The molecule has 3 nitrogen and oxygen atoms in total. The Morgan fingerprint density at radius 1 is 1.21 bits per heavy atom. The summed E-state index contributed by atoms with van der Waals surface area (Å²) in [5.41, 5.74) is 3.22. The zero-order chi connectivity index (χ0) is 13.2. The first-order valence-electron chi connectivity index (χ1n) is 6.81. The lowest BCUT2D eigenvalue weighted by molar-refractivity contribution is 0.304. The Balaban J connectivity index is 2.03. The summed E-state index contributed by atoms with van der Waals surface area (Å²) in [6.45, 7) is 4.38. The Labute approximate surface area is 113 Å². The molecule has 1 aromatic carbocycles. The van der Waals surface area contributed by atoms with Crippen molar-refractivity contribution in [1.82, 2.24) is 9.97 Å². The van der Waals surface area contributed by atoms with Gasteiger partial charge in [-0.3, -0.25) is 9.97 Å². The Bertz CT molecular complexity index is 562. The van der Waals surface area contributed by atoms with Crippen LogP contribution in [0, 0.1) is 0 Å². The Morgan fingerprint density at radius 3 is 2.68 bits per heavy atom. The minimum Gasteiger partial charge on any atom is -0.490 e. The average molecular weight is 254 g/mol. The van der Waals surface area contributed by atoms with Crippen LogP contribution in [0.3, 0.4) is 0 Å². The van der Waals surface area contributed by atoms with E-state index in [2.05, 4.69) is 42.0 Å². The molecule has 3 rings (SSSR count). The van der Waals surface area contributed by atoms with Crippen LogP contribution in [0.25, 0.3) is 11.3 Å². The van der Waals surface area contributed by atoms with Crippen molar-refractivity contribution in [2.24, 2.45) is 0 Å². The van der Waals surface area contributed by atoms with Gasteiger partial charge in [0.2, 0.25) is 0 Å². The minimum absolute atomic E-state index is 0.389. The van der Waals surface area contributed by atoms with Crippen molar-refractivity contribution in [3.8, 4) is 17.0 Å². The Morgan fingerprint density at radius 2 is 2.05 bits per heavy atom. The molecule has 1 saturated carbocycles. The lowest BCUT2D eigenvalue weighted by atomic mass is 9.99. The van der Waals surface area contributed by atoms with Crippen LogP contribution in [0.4, 0.5) is 0 Å². The number of ether oxygens (including phenoxy) is 1. The summed E-state index contributed by atoms with van der Waals surface area (Å²) in [7, 11) is 0. The van der Waals surface area contributed by atoms with Gasteiger partial charge in [0.15, 0.2) is 0 Å². The maximum absolute atomic E-state index is 5.98. The number of nitrogens with zero attached hydrogens (tertiary/aromatic N) is 2. The Hall–Kier alpha value is -1.90. The molecular weight excluding hydrogens is 236 g/mol. The van der Waals surface area contributed by atoms with E-state index >= 15 is 0 Å². The summed E-state index contributed by atoms with van der Waals surface area (Å²) >= 11 is 0. The second kappa shape index (κ2) is 5.00. The fourth-order valence-electron chi connectivity index (χ4n) is 2.01. The molecule has 3 heteroatoms. The molecule has 2 aromatic rings. The minimum atomic E-state index is 0.389. The van der Waals surface area contributed by atoms with Gasteiger partial charge >= 0.3 is 0 Å². The van der Waals surface area contributed by atoms with E-state index < -0.39 is 0 Å². The molecule has 0 spiro atoms. The van der Waals surface area contributed by atoms with Gasteiger partial charge in [-0.1, -0.05) is 19.9 Å². The molecule has 0 amide bonds. The fraction of sp³-hybridized carbons (Fsp3) is 0.375. The van der Waals surface area contributed by atoms with Crippen molar-refractivity contribution >= 4 is 0 Å². The monoisotopic (exact) mass is 254 g/mol. The molecule has 0 aliphatic heterocycles. The van der Waals surface area contributed by atoms with E-state index in [9.17, 15) is 0 Å². The van der Waals surface area contributed by atoms with Gasteiger partial charge in [-0.05, 0) is 36.5 Å². The van der Waals surface area contributed by atoms with Crippen LogP contribution in [0.5, 0.6) is 5.75 Å². The highest BCUT2D eigenvalue weighted by atomic mass is 16.5. The summed E-state index contributed by atoms with van der Waals surface area (Å²) in [6.07, 6.45) is 7.91. The highest BCUT2D eigenvalue weighted by Crippen LogP contribution is 2.35. The third kappa shape index (κ3) is 2.75. The molecule has 0 unspecified atom stereocenters. The maximum Gasteiger partial charge on any atom is 0.129 e. The zero-order valence-electron chi connectivity index (χ0n) is 11.3. The normalized spacial score (nSPS) is 14.7. The van der Waals surface area contributed by atoms with Gasteiger partial charge in [0, 0.05) is 18.0 Å². The van der Waals surface area contributed by atoms with E-state index in [0.717, 1.165) is 29.8 Å². The number of hydrogen-bond donors (Lipinski definition) is 0. The molecule has 0 radical (unpaired) electrons. The summed E-state index contributed by atoms with van der Waals surface area (Å²) in [5, 5.41) is 0. The first-order chi connectivity index (χ1) is 9.24. The molecule has 1 aliphatic rings. The molecule has 1 aliphatic carbocycles. The van der Waals surface area contributed by atoms with Crippen LogP contribution in [-0.4, -0.2) is 16.1 Å². The lowest BCUT2D eigenvalue weighted by Gasteiger charge is -2.13. The van der Waals surface area contributed by atoms with Gasteiger partial charge in [0.1, 0.15) is 5.75 Å². The van der Waals surface area contributed by atoms with Gasteiger partial charge in [-0.25, -0.2) is 0 Å². The maximum atomic E-state index is 5.98.